The number of Topliss-reactive ketones (excluding diaryl/α,β-unsaturated/α-hetero) is 1. The van der Waals surface area contributed by atoms with Gasteiger partial charge in [0.25, 0.3) is 11.8 Å². The lowest BCUT2D eigenvalue weighted by Crippen LogP contribution is -2.71. The van der Waals surface area contributed by atoms with Gasteiger partial charge < -0.3 is 14.6 Å². The molecule has 0 saturated heterocycles. The van der Waals surface area contributed by atoms with Crippen molar-refractivity contribution in [2.24, 2.45) is 5.41 Å². The second-order valence-electron chi connectivity index (χ2n) is 8.68. The highest BCUT2D eigenvalue weighted by atomic mass is 35.5. The minimum absolute atomic E-state index is 0.0146. The fraction of sp³-hybridized carbons (Fsp3) is 0.348. The number of carbonyl (C=O) groups excluding carboxylic acids is 1. The normalized spacial score (nSPS) is 23.9. The number of ketones is 1. The Hall–Kier alpha value is -2.86. The molecule has 3 aliphatic rings. The minimum Gasteiger partial charge on any atom is -0.486 e. The Labute approximate surface area is 179 Å². The van der Waals surface area contributed by atoms with Gasteiger partial charge in [0.2, 0.25) is 0 Å². The van der Waals surface area contributed by atoms with Crippen LogP contribution < -0.4 is 10.1 Å². The summed E-state index contributed by atoms with van der Waals surface area (Å²) >= 11 is 5.92. The van der Waals surface area contributed by atoms with E-state index in [1.807, 2.05) is 43.3 Å². The van der Waals surface area contributed by atoms with Crippen LogP contribution in [0.2, 0.25) is 5.02 Å². The molecule has 2 aromatic carbocycles. The number of aryl methyl sites for hydroxylation is 1. The van der Waals surface area contributed by atoms with Crippen LogP contribution in [0.25, 0.3) is 11.5 Å². The minimum atomic E-state index is -0.0146. The summed E-state index contributed by atoms with van der Waals surface area (Å²) in [6.07, 6.45) is 3.40. The third-order valence-electron chi connectivity index (χ3n) is 6.03. The van der Waals surface area contributed by atoms with E-state index in [2.05, 4.69) is 15.5 Å². The van der Waals surface area contributed by atoms with Gasteiger partial charge in [0.15, 0.2) is 5.78 Å². The van der Waals surface area contributed by atoms with E-state index >= 15 is 0 Å². The van der Waals surface area contributed by atoms with Crippen LogP contribution >= 0.6 is 11.6 Å². The lowest BCUT2D eigenvalue weighted by molar-refractivity contribution is -0.147. The van der Waals surface area contributed by atoms with Crippen molar-refractivity contribution in [3.8, 4) is 17.2 Å². The predicted octanol–water partition coefficient (Wildman–Crippen LogP) is 5.07. The van der Waals surface area contributed by atoms with Gasteiger partial charge in [-0.2, -0.15) is 4.98 Å². The standard InChI is InChI=1S/C23H22ClN3O3/c1-15-2-8-19(9-3-15)29-11-18(28)10-22-12-23(13-22,14-22)26-21-25-20(30-27-21)16-4-6-17(24)7-5-16/h2-9H,10-14H2,1H3,(H,26,27). The fourth-order valence-electron chi connectivity index (χ4n) is 4.81. The second kappa shape index (κ2) is 7.13. The Morgan fingerprint density at radius 1 is 1.13 bits per heavy atom. The Bertz CT molecular complexity index is 1060. The van der Waals surface area contributed by atoms with Crippen LogP contribution in [0.15, 0.2) is 53.1 Å². The fourth-order valence-corrected chi connectivity index (χ4v) is 4.93. The summed E-state index contributed by atoms with van der Waals surface area (Å²) in [5.41, 5.74) is 2.08. The van der Waals surface area contributed by atoms with Crippen LogP contribution in [-0.4, -0.2) is 28.1 Å². The molecular weight excluding hydrogens is 402 g/mol. The Morgan fingerprint density at radius 2 is 1.83 bits per heavy atom. The zero-order chi connectivity index (χ0) is 20.8. The van der Waals surface area contributed by atoms with Gasteiger partial charge in [0, 0.05) is 22.5 Å². The number of nitrogens with zero attached hydrogens (tertiary/aromatic N) is 2. The van der Waals surface area contributed by atoms with Crippen LogP contribution in [0.3, 0.4) is 0 Å². The summed E-state index contributed by atoms with van der Waals surface area (Å²) in [7, 11) is 0. The summed E-state index contributed by atoms with van der Waals surface area (Å²) in [5, 5.41) is 8.10. The summed E-state index contributed by atoms with van der Waals surface area (Å²) in [5.74, 6) is 1.83. The number of carbonyl (C=O) groups is 1. The highest BCUT2D eigenvalue weighted by molar-refractivity contribution is 6.30. The molecule has 7 heteroatoms. The largest absolute Gasteiger partial charge is 0.486 e. The molecule has 3 saturated carbocycles. The molecule has 3 aromatic rings. The van der Waals surface area contributed by atoms with E-state index < -0.39 is 0 Å². The van der Waals surface area contributed by atoms with Gasteiger partial charge in [0.1, 0.15) is 12.4 Å². The molecule has 0 atom stereocenters. The van der Waals surface area contributed by atoms with Crippen LogP contribution in [0.1, 0.15) is 31.2 Å². The first kappa shape index (κ1) is 19.1. The predicted molar refractivity (Wildman–Crippen MR) is 114 cm³/mol. The van der Waals surface area contributed by atoms with Gasteiger partial charge in [-0.15, -0.1) is 0 Å². The zero-order valence-corrected chi connectivity index (χ0v) is 17.4. The number of benzene rings is 2. The number of ether oxygens (including phenoxy) is 1. The quantitative estimate of drug-likeness (QED) is 0.545. The molecule has 30 heavy (non-hydrogen) atoms. The van der Waals surface area contributed by atoms with Gasteiger partial charge in [-0.1, -0.05) is 29.3 Å². The summed E-state index contributed by atoms with van der Waals surface area (Å²) in [4.78, 5) is 16.8. The summed E-state index contributed by atoms with van der Waals surface area (Å²) in [6, 6.07) is 15.0. The van der Waals surface area contributed by atoms with Crippen molar-refractivity contribution in [3.63, 3.8) is 0 Å². The molecule has 6 nitrogen and oxygen atoms in total. The van der Waals surface area contributed by atoms with E-state index in [-0.39, 0.29) is 23.3 Å². The molecule has 1 N–H and O–H groups in total. The maximum absolute atomic E-state index is 12.4. The maximum atomic E-state index is 12.4. The van der Waals surface area contributed by atoms with Crippen molar-refractivity contribution >= 4 is 23.3 Å². The van der Waals surface area contributed by atoms with Gasteiger partial charge in [-0.3, -0.25) is 4.79 Å². The molecule has 0 amide bonds. The third-order valence-corrected chi connectivity index (χ3v) is 6.28. The zero-order valence-electron chi connectivity index (χ0n) is 16.7. The van der Waals surface area contributed by atoms with E-state index in [1.54, 1.807) is 12.1 Å². The van der Waals surface area contributed by atoms with E-state index in [4.69, 9.17) is 20.9 Å². The number of aromatic nitrogens is 2. The Kier molecular flexibility index (Phi) is 4.54. The van der Waals surface area contributed by atoms with Gasteiger partial charge in [-0.05, 0) is 73.2 Å². The molecule has 0 radical (unpaired) electrons. The first-order valence-corrected chi connectivity index (χ1v) is 10.4. The first-order chi connectivity index (χ1) is 14.4. The van der Waals surface area contributed by atoms with Crippen molar-refractivity contribution < 1.29 is 14.1 Å². The number of hydrogen-bond donors (Lipinski definition) is 1. The highest BCUT2D eigenvalue weighted by Crippen LogP contribution is 2.69. The van der Waals surface area contributed by atoms with Crippen molar-refractivity contribution in [3.05, 3.63) is 59.1 Å². The number of nitrogens with one attached hydrogen (secondary N) is 1. The monoisotopic (exact) mass is 423 g/mol. The Morgan fingerprint density at radius 3 is 2.53 bits per heavy atom. The SMILES string of the molecule is Cc1ccc(OCC(=O)CC23CC(Nc4noc(-c5ccc(Cl)cc5)n4)(C2)C3)cc1. The maximum Gasteiger partial charge on any atom is 0.264 e. The van der Waals surface area contributed by atoms with E-state index in [0.717, 1.165) is 30.6 Å². The molecule has 3 aliphatic carbocycles. The van der Waals surface area contributed by atoms with E-state index in [0.29, 0.717) is 23.3 Å². The lowest BCUT2D eigenvalue weighted by atomic mass is 9.38. The van der Waals surface area contributed by atoms with Crippen molar-refractivity contribution in [1.29, 1.82) is 0 Å². The smallest absolute Gasteiger partial charge is 0.264 e. The van der Waals surface area contributed by atoms with Gasteiger partial charge in [-0.25, -0.2) is 0 Å². The topological polar surface area (TPSA) is 77.2 Å². The third kappa shape index (κ3) is 3.67. The average Bonchev–Trinajstić information content (AvgIpc) is 3.14. The average molecular weight is 424 g/mol. The molecule has 1 heterocycles. The number of halogens is 1. The van der Waals surface area contributed by atoms with Crippen LogP contribution in [-0.2, 0) is 4.79 Å². The summed E-state index contributed by atoms with van der Waals surface area (Å²) in [6.45, 7) is 2.15. The number of rotatable bonds is 8. The van der Waals surface area contributed by atoms with Crippen molar-refractivity contribution in [1.82, 2.24) is 10.1 Å². The highest BCUT2D eigenvalue weighted by Gasteiger charge is 2.68. The lowest BCUT2D eigenvalue weighted by Gasteiger charge is -2.70. The van der Waals surface area contributed by atoms with E-state index in [1.165, 1.54) is 5.56 Å². The summed E-state index contributed by atoms with van der Waals surface area (Å²) < 4.78 is 11.0. The molecular formula is C23H22ClN3O3. The first-order valence-electron chi connectivity index (χ1n) is 10.0. The number of anilines is 1. The van der Waals surface area contributed by atoms with Crippen LogP contribution in [0.5, 0.6) is 5.75 Å². The van der Waals surface area contributed by atoms with Crippen molar-refractivity contribution in [2.45, 2.75) is 38.1 Å². The molecule has 2 bridgehead atoms. The second-order valence-corrected chi connectivity index (χ2v) is 9.12. The van der Waals surface area contributed by atoms with E-state index in [9.17, 15) is 4.79 Å². The van der Waals surface area contributed by atoms with Gasteiger partial charge >= 0.3 is 0 Å². The Balaban J connectivity index is 1.11. The molecule has 0 spiro atoms. The molecule has 6 rings (SSSR count). The molecule has 154 valence electrons. The molecule has 0 aliphatic heterocycles. The van der Waals surface area contributed by atoms with Crippen LogP contribution in [0.4, 0.5) is 5.95 Å². The van der Waals surface area contributed by atoms with Crippen molar-refractivity contribution in [2.75, 3.05) is 11.9 Å². The van der Waals surface area contributed by atoms with Gasteiger partial charge in [0.05, 0.1) is 0 Å². The van der Waals surface area contributed by atoms with Crippen LogP contribution in [0, 0.1) is 12.3 Å². The molecule has 0 unspecified atom stereocenters. The molecule has 3 fully saturated rings. The number of hydrogen-bond acceptors (Lipinski definition) is 6. The molecule has 1 aromatic heterocycles.